The minimum Gasteiger partial charge on any atom is -0.480 e. The van der Waals surface area contributed by atoms with Crippen LogP contribution in [0.5, 0.6) is 0 Å². The summed E-state index contributed by atoms with van der Waals surface area (Å²) in [5.74, 6) is -1.32. The molecule has 1 heterocycles. The zero-order chi connectivity index (χ0) is 28.2. The molecule has 200 valence electrons. The maximum atomic E-state index is 14.4. The number of ether oxygens (including phenoxy) is 1. The van der Waals surface area contributed by atoms with Crippen LogP contribution in [-0.4, -0.2) is 23.3 Å². The lowest BCUT2D eigenvalue weighted by Gasteiger charge is -2.34. The van der Waals surface area contributed by atoms with Crippen molar-refractivity contribution in [3.8, 4) is 17.2 Å². The fourth-order valence-electron chi connectivity index (χ4n) is 4.25. The number of hydrogen-bond acceptors (Lipinski definition) is 6. The molecular weight excluding hydrogens is 509 g/mol. The van der Waals surface area contributed by atoms with Crippen LogP contribution in [0.4, 0.5) is 13.2 Å². The highest BCUT2D eigenvalue weighted by atomic mass is 19.4. The highest BCUT2D eigenvalue weighted by Crippen LogP contribution is 2.42. The predicted octanol–water partition coefficient (Wildman–Crippen LogP) is 4.61. The van der Waals surface area contributed by atoms with Crippen LogP contribution in [0, 0.1) is 11.3 Å². The summed E-state index contributed by atoms with van der Waals surface area (Å²) in [7, 11) is 0. The second-order valence-corrected chi connectivity index (χ2v) is 9.05. The molecule has 0 amide bonds. The summed E-state index contributed by atoms with van der Waals surface area (Å²) in [4.78, 5) is 11.0. The number of nitrogens with two attached hydrogens (primary N) is 2. The largest absolute Gasteiger partial charge is 0.480 e. The second-order valence-electron chi connectivity index (χ2n) is 9.05. The summed E-state index contributed by atoms with van der Waals surface area (Å²) in [5, 5.41) is 21.1. The third-order valence-corrected chi connectivity index (χ3v) is 6.23. The standard InChI is InChI=1S/C29H25F3N4O3/c30-29(31,32)26(23-8-2-1-7-22(23)20-6-3-5-19(15-20)17-33)39-25-9-4-14-28(35,36-25)21-12-10-18(11-13-21)16-24(34)27(37)38/h1-15,24,26,36H,16,34-35H2,(H,37,38)/t24-,26?,28?/m0/s1. The van der Waals surface area contributed by atoms with E-state index >= 15 is 0 Å². The first-order valence-corrected chi connectivity index (χ1v) is 11.9. The lowest BCUT2D eigenvalue weighted by Crippen LogP contribution is -2.50. The van der Waals surface area contributed by atoms with E-state index in [0.29, 0.717) is 22.3 Å². The number of hydrogen-bond donors (Lipinski definition) is 4. The molecule has 0 aliphatic carbocycles. The van der Waals surface area contributed by atoms with E-state index < -0.39 is 30.0 Å². The Kier molecular flexibility index (Phi) is 7.76. The van der Waals surface area contributed by atoms with Gasteiger partial charge in [0.05, 0.1) is 11.6 Å². The van der Waals surface area contributed by atoms with Gasteiger partial charge in [0, 0.05) is 5.56 Å². The zero-order valence-electron chi connectivity index (χ0n) is 20.5. The Hall–Kier alpha value is -4.59. The van der Waals surface area contributed by atoms with E-state index in [-0.39, 0.29) is 23.4 Å². The van der Waals surface area contributed by atoms with E-state index in [1.165, 1.54) is 30.4 Å². The van der Waals surface area contributed by atoms with Crippen molar-refractivity contribution in [1.82, 2.24) is 5.32 Å². The fraction of sp³-hybridized carbons (Fsp3) is 0.172. The predicted molar refractivity (Wildman–Crippen MR) is 138 cm³/mol. The Balaban J connectivity index is 1.60. The average Bonchev–Trinajstić information content (AvgIpc) is 2.91. The molecule has 39 heavy (non-hydrogen) atoms. The molecular formula is C29H25F3N4O3. The first-order valence-electron chi connectivity index (χ1n) is 11.9. The maximum absolute atomic E-state index is 14.4. The Morgan fingerprint density at radius 2 is 1.82 bits per heavy atom. The van der Waals surface area contributed by atoms with Gasteiger partial charge in [0.25, 0.3) is 0 Å². The minimum atomic E-state index is -4.78. The first-order chi connectivity index (χ1) is 18.5. The smallest absolute Gasteiger partial charge is 0.429 e. The van der Waals surface area contributed by atoms with Gasteiger partial charge in [0.2, 0.25) is 6.10 Å². The molecule has 4 rings (SSSR count). The van der Waals surface area contributed by atoms with E-state index in [1.807, 2.05) is 6.07 Å². The molecule has 3 aromatic carbocycles. The number of nitriles is 1. The van der Waals surface area contributed by atoms with E-state index in [1.54, 1.807) is 60.7 Å². The van der Waals surface area contributed by atoms with Crippen LogP contribution >= 0.6 is 0 Å². The Morgan fingerprint density at radius 3 is 2.49 bits per heavy atom. The van der Waals surface area contributed by atoms with Gasteiger partial charge in [0.15, 0.2) is 5.88 Å². The molecule has 0 spiro atoms. The summed E-state index contributed by atoms with van der Waals surface area (Å²) in [6, 6.07) is 19.8. The number of nitrogens with one attached hydrogen (secondary N) is 1. The lowest BCUT2D eigenvalue weighted by atomic mass is 9.94. The van der Waals surface area contributed by atoms with E-state index in [0.717, 1.165) is 0 Å². The number of halogens is 3. The molecule has 1 aliphatic rings. The van der Waals surface area contributed by atoms with Crippen molar-refractivity contribution in [2.75, 3.05) is 0 Å². The molecule has 7 nitrogen and oxygen atoms in total. The molecule has 0 radical (unpaired) electrons. The van der Waals surface area contributed by atoms with Gasteiger partial charge in [-0.05, 0) is 53.0 Å². The van der Waals surface area contributed by atoms with Gasteiger partial charge in [-0.2, -0.15) is 18.4 Å². The number of carboxylic acid groups (broad SMARTS) is 1. The zero-order valence-corrected chi connectivity index (χ0v) is 20.5. The number of allylic oxidation sites excluding steroid dienone is 2. The van der Waals surface area contributed by atoms with Crippen LogP contribution in [0.3, 0.4) is 0 Å². The molecule has 2 unspecified atom stereocenters. The third kappa shape index (κ3) is 6.29. The van der Waals surface area contributed by atoms with Gasteiger partial charge in [-0.3, -0.25) is 4.79 Å². The van der Waals surface area contributed by atoms with E-state index in [9.17, 15) is 23.2 Å². The molecule has 0 fully saturated rings. The number of dihydropyridines is 1. The van der Waals surface area contributed by atoms with Crippen LogP contribution in [0.2, 0.25) is 0 Å². The summed E-state index contributed by atoms with van der Waals surface area (Å²) in [5.41, 5.74) is 12.8. The molecule has 3 atom stereocenters. The summed E-state index contributed by atoms with van der Waals surface area (Å²) >= 11 is 0. The van der Waals surface area contributed by atoms with Crippen LogP contribution in [0.1, 0.15) is 28.4 Å². The van der Waals surface area contributed by atoms with Gasteiger partial charge in [-0.1, -0.05) is 66.7 Å². The third-order valence-electron chi connectivity index (χ3n) is 6.23. The summed E-state index contributed by atoms with van der Waals surface area (Å²) in [6.07, 6.45) is -2.60. The molecule has 10 heteroatoms. The number of aliphatic carboxylic acids is 1. The van der Waals surface area contributed by atoms with Crippen molar-refractivity contribution in [3.05, 3.63) is 119 Å². The number of benzene rings is 3. The van der Waals surface area contributed by atoms with Crippen LogP contribution < -0.4 is 16.8 Å². The van der Waals surface area contributed by atoms with Crippen molar-refractivity contribution in [3.63, 3.8) is 0 Å². The first kappa shape index (κ1) is 27.4. The highest BCUT2D eigenvalue weighted by molar-refractivity contribution is 5.73. The van der Waals surface area contributed by atoms with Gasteiger partial charge >= 0.3 is 12.1 Å². The van der Waals surface area contributed by atoms with Crippen LogP contribution in [0.15, 0.2) is 96.9 Å². The molecule has 1 aliphatic heterocycles. The average molecular weight is 535 g/mol. The van der Waals surface area contributed by atoms with Crippen LogP contribution in [0.25, 0.3) is 11.1 Å². The van der Waals surface area contributed by atoms with E-state index in [2.05, 4.69) is 5.32 Å². The minimum absolute atomic E-state index is 0.106. The molecule has 0 aromatic heterocycles. The Labute approximate surface area is 222 Å². The number of carboxylic acids is 1. The van der Waals surface area contributed by atoms with Crippen LogP contribution in [-0.2, 0) is 21.6 Å². The second kappa shape index (κ2) is 11.0. The summed E-state index contributed by atoms with van der Waals surface area (Å²) in [6.45, 7) is 0. The number of carbonyl (C=O) groups is 1. The monoisotopic (exact) mass is 534 g/mol. The number of nitrogens with zero attached hydrogens (tertiary/aromatic N) is 1. The SMILES string of the molecule is N#Cc1cccc(-c2ccccc2C(OC2=CC=CC(N)(c3ccc(C[C@H](N)C(=O)O)cc3)N2)C(F)(F)F)c1. The van der Waals surface area contributed by atoms with Gasteiger partial charge < -0.3 is 26.6 Å². The molecule has 6 N–H and O–H groups in total. The summed E-state index contributed by atoms with van der Waals surface area (Å²) < 4.78 is 48.7. The molecule has 0 saturated heterocycles. The topological polar surface area (TPSA) is 134 Å². The van der Waals surface area contributed by atoms with Crippen molar-refractivity contribution in [2.45, 2.75) is 30.4 Å². The Bertz CT molecular complexity index is 1460. The Morgan fingerprint density at radius 1 is 1.10 bits per heavy atom. The van der Waals surface area contributed by atoms with Crippen molar-refractivity contribution < 1.29 is 27.8 Å². The van der Waals surface area contributed by atoms with E-state index in [4.69, 9.17) is 21.3 Å². The molecule has 3 aromatic rings. The van der Waals surface area contributed by atoms with Gasteiger partial charge in [-0.25, -0.2) is 0 Å². The normalized spacial score (nSPS) is 18.3. The lowest BCUT2D eigenvalue weighted by molar-refractivity contribution is -0.214. The molecule has 0 bridgehead atoms. The van der Waals surface area contributed by atoms with Crippen molar-refractivity contribution in [1.29, 1.82) is 5.26 Å². The molecule has 0 saturated carbocycles. The van der Waals surface area contributed by atoms with Crippen molar-refractivity contribution in [2.24, 2.45) is 11.5 Å². The number of alkyl halides is 3. The fourth-order valence-corrected chi connectivity index (χ4v) is 4.25. The van der Waals surface area contributed by atoms with Gasteiger partial charge in [-0.15, -0.1) is 0 Å². The van der Waals surface area contributed by atoms with Gasteiger partial charge in [0.1, 0.15) is 11.7 Å². The highest BCUT2D eigenvalue weighted by Gasteiger charge is 2.45. The van der Waals surface area contributed by atoms with Crippen molar-refractivity contribution >= 4 is 5.97 Å². The maximum Gasteiger partial charge on any atom is 0.429 e. The quantitative estimate of drug-likeness (QED) is 0.332. The number of rotatable bonds is 8.